The van der Waals surface area contributed by atoms with Crippen LogP contribution in [-0.4, -0.2) is 26.8 Å². The fraction of sp³-hybridized carbons (Fsp3) is 0.0667. The third-order valence-electron chi connectivity index (χ3n) is 3.74. The number of aromatic amines is 2. The highest BCUT2D eigenvalue weighted by Gasteiger charge is 2.28. The molecule has 4 rings (SSSR count). The topological polar surface area (TPSA) is 108 Å². The molecular weight excluding hydrogens is 284 g/mol. The minimum Gasteiger partial charge on any atom is -0.338 e. The fourth-order valence-electron chi connectivity index (χ4n) is 2.66. The Morgan fingerprint density at radius 1 is 1.05 bits per heavy atom. The van der Waals surface area contributed by atoms with Crippen molar-refractivity contribution in [2.45, 2.75) is 6.92 Å². The van der Waals surface area contributed by atoms with Crippen molar-refractivity contribution >= 4 is 22.8 Å². The highest BCUT2D eigenvalue weighted by atomic mass is 16.2. The van der Waals surface area contributed by atoms with Gasteiger partial charge in [0, 0.05) is 6.20 Å². The van der Waals surface area contributed by atoms with E-state index in [9.17, 15) is 14.4 Å². The van der Waals surface area contributed by atoms with E-state index >= 15 is 0 Å². The van der Waals surface area contributed by atoms with Crippen LogP contribution in [0.15, 0.2) is 29.2 Å². The average molecular weight is 294 g/mol. The minimum absolute atomic E-state index is 0.250. The molecule has 7 heteroatoms. The lowest BCUT2D eigenvalue weighted by Crippen LogP contribution is -2.19. The van der Waals surface area contributed by atoms with E-state index in [4.69, 9.17) is 0 Å². The van der Waals surface area contributed by atoms with Crippen LogP contribution in [0.1, 0.15) is 26.3 Å². The van der Waals surface area contributed by atoms with Gasteiger partial charge in [0.15, 0.2) is 0 Å². The number of nitrogens with one attached hydrogen (secondary N) is 3. The number of imidazole rings is 1. The summed E-state index contributed by atoms with van der Waals surface area (Å²) < 4.78 is 0. The quantitative estimate of drug-likeness (QED) is 0.584. The van der Waals surface area contributed by atoms with Gasteiger partial charge in [-0.05, 0) is 30.7 Å². The van der Waals surface area contributed by atoms with Crippen LogP contribution < -0.4 is 10.9 Å². The lowest BCUT2D eigenvalue weighted by Gasteiger charge is -1.99. The smallest absolute Gasteiger partial charge is 0.259 e. The summed E-state index contributed by atoms with van der Waals surface area (Å²) in [4.78, 5) is 45.4. The minimum atomic E-state index is -0.430. The maximum absolute atomic E-state index is 12.0. The number of hydrogen-bond donors (Lipinski definition) is 3. The molecule has 0 aliphatic carbocycles. The molecule has 3 aromatic rings. The summed E-state index contributed by atoms with van der Waals surface area (Å²) in [5.41, 5.74) is 2.71. The highest BCUT2D eigenvalue weighted by molar-refractivity contribution is 6.22. The van der Waals surface area contributed by atoms with Crippen LogP contribution >= 0.6 is 0 Å². The molecule has 22 heavy (non-hydrogen) atoms. The number of H-pyrrole nitrogens is 2. The first-order chi connectivity index (χ1) is 10.5. The summed E-state index contributed by atoms with van der Waals surface area (Å²) in [5.74, 6) is -0.446. The maximum atomic E-state index is 12.0. The van der Waals surface area contributed by atoms with Gasteiger partial charge in [-0.3, -0.25) is 19.7 Å². The van der Waals surface area contributed by atoms with Gasteiger partial charge >= 0.3 is 0 Å². The third kappa shape index (κ3) is 1.62. The second-order valence-corrected chi connectivity index (χ2v) is 5.15. The van der Waals surface area contributed by atoms with Gasteiger partial charge in [0.1, 0.15) is 5.82 Å². The summed E-state index contributed by atoms with van der Waals surface area (Å²) in [6, 6.07) is 4.91. The molecular formula is C15H10N4O3. The van der Waals surface area contributed by atoms with E-state index in [0.29, 0.717) is 33.5 Å². The average Bonchev–Trinajstić information content (AvgIpc) is 2.98. The Morgan fingerprint density at radius 3 is 2.50 bits per heavy atom. The number of fused-ring (bicyclic) bond motifs is 2. The Morgan fingerprint density at radius 2 is 1.77 bits per heavy atom. The van der Waals surface area contributed by atoms with Crippen molar-refractivity contribution < 1.29 is 9.59 Å². The van der Waals surface area contributed by atoms with E-state index in [-0.39, 0.29) is 5.56 Å². The van der Waals surface area contributed by atoms with E-state index in [0.717, 1.165) is 5.56 Å². The van der Waals surface area contributed by atoms with Gasteiger partial charge in [-0.1, -0.05) is 0 Å². The number of aromatic nitrogens is 3. The van der Waals surface area contributed by atoms with Crippen LogP contribution in [0.5, 0.6) is 0 Å². The van der Waals surface area contributed by atoms with Gasteiger partial charge in [0.2, 0.25) is 0 Å². The molecule has 0 saturated carbocycles. The van der Waals surface area contributed by atoms with E-state index < -0.39 is 11.8 Å². The Hall–Kier alpha value is -3.22. The van der Waals surface area contributed by atoms with E-state index in [1.54, 1.807) is 24.4 Å². The Bertz CT molecular complexity index is 978. The highest BCUT2D eigenvalue weighted by Crippen LogP contribution is 2.25. The normalized spacial score (nSPS) is 13.5. The van der Waals surface area contributed by atoms with Gasteiger partial charge in [0.25, 0.3) is 17.4 Å². The van der Waals surface area contributed by atoms with E-state index in [2.05, 4.69) is 20.3 Å². The van der Waals surface area contributed by atoms with Crippen molar-refractivity contribution in [2.24, 2.45) is 0 Å². The predicted molar refractivity (Wildman–Crippen MR) is 78.7 cm³/mol. The second kappa shape index (κ2) is 4.14. The molecule has 0 unspecified atom stereocenters. The summed E-state index contributed by atoms with van der Waals surface area (Å²) in [6.45, 7) is 1.81. The van der Waals surface area contributed by atoms with Crippen LogP contribution in [0.4, 0.5) is 0 Å². The number of pyridine rings is 1. The molecule has 0 spiro atoms. The van der Waals surface area contributed by atoms with Crippen molar-refractivity contribution in [1.82, 2.24) is 20.3 Å². The van der Waals surface area contributed by atoms with Crippen LogP contribution in [0, 0.1) is 6.92 Å². The third-order valence-corrected chi connectivity index (χ3v) is 3.74. The first-order valence-electron chi connectivity index (χ1n) is 6.62. The van der Waals surface area contributed by atoms with Crippen LogP contribution in [-0.2, 0) is 0 Å². The zero-order valence-corrected chi connectivity index (χ0v) is 11.5. The molecule has 0 saturated heterocycles. The molecule has 3 heterocycles. The number of rotatable bonds is 1. The first-order valence-corrected chi connectivity index (χ1v) is 6.62. The molecule has 1 aliphatic rings. The van der Waals surface area contributed by atoms with Gasteiger partial charge in [-0.25, -0.2) is 4.98 Å². The Labute approximate surface area is 123 Å². The number of nitrogens with zero attached hydrogens (tertiary/aromatic N) is 1. The SMILES string of the molecule is Cc1cc[nH]c(=O)c1-c1nc2cc3c(cc2[nH]1)C(=O)NC3=O. The van der Waals surface area contributed by atoms with Gasteiger partial charge in [-0.2, -0.15) is 0 Å². The standard InChI is InChI=1S/C15H10N4O3/c1-6-2-3-16-15(22)11(6)12-17-9-4-7-8(5-10(9)18-12)14(21)19-13(7)20/h2-5H,1H3,(H,16,22)(H,17,18)(H,19,20,21). The fourth-order valence-corrected chi connectivity index (χ4v) is 2.66. The number of imide groups is 1. The van der Waals surface area contributed by atoms with Gasteiger partial charge in [-0.15, -0.1) is 0 Å². The second-order valence-electron chi connectivity index (χ2n) is 5.15. The molecule has 0 bridgehead atoms. The molecule has 0 radical (unpaired) electrons. The van der Waals surface area contributed by atoms with Crippen molar-refractivity contribution in [3.63, 3.8) is 0 Å². The Balaban J connectivity index is 1.98. The molecule has 2 aromatic heterocycles. The molecule has 1 aromatic carbocycles. The lowest BCUT2D eigenvalue weighted by atomic mass is 10.1. The summed E-state index contributed by atoms with van der Waals surface area (Å²) in [6.07, 6.45) is 1.57. The zero-order valence-electron chi connectivity index (χ0n) is 11.5. The maximum Gasteiger partial charge on any atom is 0.259 e. The van der Waals surface area contributed by atoms with Crippen LogP contribution in [0.2, 0.25) is 0 Å². The molecule has 108 valence electrons. The van der Waals surface area contributed by atoms with Crippen molar-refractivity contribution in [1.29, 1.82) is 0 Å². The summed E-state index contributed by atoms with van der Waals surface area (Å²) in [7, 11) is 0. The number of carbonyl (C=O) groups is 2. The molecule has 0 atom stereocenters. The molecule has 2 amide bonds. The molecule has 0 fully saturated rings. The van der Waals surface area contributed by atoms with Crippen LogP contribution in [0.25, 0.3) is 22.4 Å². The summed E-state index contributed by atoms with van der Waals surface area (Å²) in [5, 5.41) is 2.24. The number of carbonyl (C=O) groups excluding carboxylic acids is 2. The Kier molecular flexibility index (Phi) is 2.35. The van der Waals surface area contributed by atoms with Crippen molar-refractivity contribution in [2.75, 3.05) is 0 Å². The molecule has 3 N–H and O–H groups in total. The van der Waals surface area contributed by atoms with Gasteiger partial charge < -0.3 is 9.97 Å². The number of benzene rings is 1. The van der Waals surface area contributed by atoms with Crippen LogP contribution in [0.3, 0.4) is 0 Å². The zero-order chi connectivity index (χ0) is 15.4. The first kappa shape index (κ1) is 12.5. The lowest BCUT2D eigenvalue weighted by molar-refractivity contribution is 0.0879. The van der Waals surface area contributed by atoms with E-state index in [1.807, 2.05) is 6.92 Å². The predicted octanol–water partition coefficient (Wildman–Crippen LogP) is 1.11. The van der Waals surface area contributed by atoms with Gasteiger partial charge in [0.05, 0.1) is 27.7 Å². The largest absolute Gasteiger partial charge is 0.338 e. The van der Waals surface area contributed by atoms with Crippen molar-refractivity contribution in [3.05, 3.63) is 51.4 Å². The number of hydrogen-bond acceptors (Lipinski definition) is 4. The summed E-state index contributed by atoms with van der Waals surface area (Å²) >= 11 is 0. The molecule has 7 nitrogen and oxygen atoms in total. The van der Waals surface area contributed by atoms with Crippen molar-refractivity contribution in [3.8, 4) is 11.4 Å². The monoisotopic (exact) mass is 294 g/mol. The number of aryl methyl sites for hydroxylation is 1. The molecule has 1 aliphatic heterocycles. The van der Waals surface area contributed by atoms with E-state index in [1.165, 1.54) is 0 Å². The number of amides is 2.